The van der Waals surface area contributed by atoms with Crippen LogP contribution in [0.5, 0.6) is 0 Å². The lowest BCUT2D eigenvalue weighted by Gasteiger charge is -2.18. The van der Waals surface area contributed by atoms with Gasteiger partial charge in [0.25, 0.3) is 0 Å². The van der Waals surface area contributed by atoms with Gasteiger partial charge in [-0.25, -0.2) is 8.42 Å². The number of allylic oxidation sites excluding steroid dienone is 1. The van der Waals surface area contributed by atoms with Crippen molar-refractivity contribution in [3.63, 3.8) is 0 Å². The van der Waals surface area contributed by atoms with Crippen LogP contribution in [0, 0.1) is 0 Å². The molecule has 0 radical (unpaired) electrons. The smallest absolute Gasteiger partial charge is 0.209 e. The molecule has 0 aromatic heterocycles. The van der Waals surface area contributed by atoms with E-state index in [0.717, 1.165) is 33.7 Å². The molecule has 0 aliphatic carbocycles. The van der Waals surface area contributed by atoms with Crippen LogP contribution < -0.4 is 0 Å². The van der Waals surface area contributed by atoms with Crippen LogP contribution in [0.25, 0.3) is 28.3 Å². The van der Waals surface area contributed by atoms with E-state index in [1.807, 2.05) is 6.07 Å². The first kappa shape index (κ1) is 35.8. The molecule has 1 aliphatic heterocycles. The second-order valence-electron chi connectivity index (χ2n) is 14.0. The Balaban J connectivity index is 1.18. The molecule has 5 heteroatoms. The molecule has 6 aromatic carbocycles. The average molecular weight is 714 g/mol. The SMILES string of the molecule is CC1(C)C(/C=C/c2ccc(-c3ccc(C(=C(c4ccccc4)c4ccccc4)c4ccccc4)cc3)cc2)=[N+](CCCCS(=O)(=O)[O-])c2ccccc21. The molecule has 0 saturated heterocycles. The Bertz CT molecular complexity index is 2350. The van der Waals surface area contributed by atoms with Gasteiger partial charge in [0.2, 0.25) is 5.69 Å². The van der Waals surface area contributed by atoms with Gasteiger partial charge in [-0.1, -0.05) is 158 Å². The largest absolute Gasteiger partial charge is 0.748 e. The topological polar surface area (TPSA) is 60.2 Å². The minimum absolute atomic E-state index is 0.229. The van der Waals surface area contributed by atoms with Crippen molar-refractivity contribution in [2.75, 3.05) is 12.3 Å². The number of benzene rings is 6. The highest BCUT2D eigenvalue weighted by atomic mass is 32.2. The summed E-state index contributed by atoms with van der Waals surface area (Å²) in [7, 11) is -4.22. The number of hydrogen-bond donors (Lipinski definition) is 0. The molecule has 53 heavy (non-hydrogen) atoms. The Morgan fingerprint density at radius 1 is 0.566 bits per heavy atom. The summed E-state index contributed by atoms with van der Waals surface area (Å²) in [4.78, 5) is 0. The minimum atomic E-state index is -4.22. The maximum Gasteiger partial charge on any atom is 0.209 e. The predicted octanol–water partition coefficient (Wildman–Crippen LogP) is 10.8. The summed E-state index contributed by atoms with van der Waals surface area (Å²) in [6, 6.07) is 57.8. The van der Waals surface area contributed by atoms with Crippen LogP contribution >= 0.6 is 0 Å². The molecule has 7 rings (SSSR count). The van der Waals surface area contributed by atoms with Crippen molar-refractivity contribution in [1.29, 1.82) is 0 Å². The number of unbranched alkanes of at least 4 members (excludes halogenated alkanes) is 1. The molecular formula is C48H43NO3S. The first-order chi connectivity index (χ1) is 25.7. The van der Waals surface area contributed by atoms with Crippen LogP contribution in [0.3, 0.4) is 0 Å². The third-order valence-electron chi connectivity index (χ3n) is 10.1. The monoisotopic (exact) mass is 713 g/mol. The third kappa shape index (κ3) is 8.07. The van der Waals surface area contributed by atoms with Crippen molar-refractivity contribution < 1.29 is 17.5 Å². The molecule has 1 aliphatic rings. The summed E-state index contributed by atoms with van der Waals surface area (Å²) in [5, 5.41) is 0. The van der Waals surface area contributed by atoms with Crippen LogP contribution in [0.15, 0.2) is 170 Å². The third-order valence-corrected chi connectivity index (χ3v) is 10.9. The molecule has 0 spiro atoms. The second-order valence-corrected chi connectivity index (χ2v) is 15.6. The molecule has 0 fully saturated rings. The molecule has 264 valence electrons. The van der Waals surface area contributed by atoms with Gasteiger partial charge < -0.3 is 4.55 Å². The Labute approximate surface area is 313 Å². The van der Waals surface area contributed by atoms with E-state index >= 15 is 0 Å². The van der Waals surface area contributed by atoms with Gasteiger partial charge in [-0.3, -0.25) is 0 Å². The highest BCUT2D eigenvalue weighted by molar-refractivity contribution is 7.85. The summed E-state index contributed by atoms with van der Waals surface area (Å²) >= 11 is 0. The number of nitrogens with zero attached hydrogens (tertiary/aromatic N) is 1. The number of rotatable bonds is 12. The molecule has 4 nitrogen and oxygen atoms in total. The van der Waals surface area contributed by atoms with Gasteiger partial charge in [0.1, 0.15) is 6.54 Å². The van der Waals surface area contributed by atoms with Crippen LogP contribution in [-0.2, 0) is 15.5 Å². The quantitative estimate of drug-likeness (QED) is 0.0549. The van der Waals surface area contributed by atoms with E-state index in [1.54, 1.807) is 0 Å². The fraction of sp³-hybridized carbons (Fsp3) is 0.146. The molecule has 1 heterocycles. The highest BCUT2D eigenvalue weighted by Crippen LogP contribution is 2.41. The maximum atomic E-state index is 11.2. The lowest BCUT2D eigenvalue weighted by atomic mass is 9.81. The Hall–Kier alpha value is -5.62. The van der Waals surface area contributed by atoms with Gasteiger partial charge >= 0.3 is 0 Å². The van der Waals surface area contributed by atoms with E-state index in [9.17, 15) is 13.0 Å². The van der Waals surface area contributed by atoms with Crippen molar-refractivity contribution >= 4 is 38.7 Å². The predicted molar refractivity (Wildman–Crippen MR) is 218 cm³/mol. The fourth-order valence-corrected chi connectivity index (χ4v) is 8.00. The van der Waals surface area contributed by atoms with Crippen LogP contribution in [-0.4, -0.2) is 35.6 Å². The van der Waals surface area contributed by atoms with Crippen molar-refractivity contribution in [2.45, 2.75) is 32.1 Å². The van der Waals surface area contributed by atoms with E-state index in [0.29, 0.717) is 19.4 Å². The summed E-state index contributed by atoms with van der Waals surface area (Å²) in [5.41, 5.74) is 13.7. The van der Waals surface area contributed by atoms with Gasteiger partial charge in [-0.15, -0.1) is 0 Å². The Morgan fingerprint density at radius 2 is 1.02 bits per heavy atom. The van der Waals surface area contributed by atoms with Gasteiger partial charge in [-0.05, 0) is 76.4 Å². The van der Waals surface area contributed by atoms with Crippen LogP contribution in [0.4, 0.5) is 5.69 Å². The van der Waals surface area contributed by atoms with E-state index in [1.165, 1.54) is 33.4 Å². The van der Waals surface area contributed by atoms with Gasteiger partial charge in [0.05, 0.1) is 15.5 Å². The molecular weight excluding hydrogens is 671 g/mol. The summed E-state index contributed by atoms with van der Waals surface area (Å²) < 4.78 is 35.9. The molecule has 0 unspecified atom stereocenters. The molecule has 6 aromatic rings. The molecule has 0 atom stereocenters. The highest BCUT2D eigenvalue weighted by Gasteiger charge is 2.43. The van der Waals surface area contributed by atoms with Gasteiger partial charge in [-0.2, -0.15) is 4.58 Å². The minimum Gasteiger partial charge on any atom is -0.748 e. The maximum absolute atomic E-state index is 11.2. The summed E-state index contributed by atoms with van der Waals surface area (Å²) in [6.45, 7) is 5.09. The first-order valence-electron chi connectivity index (χ1n) is 18.2. The number of hydrogen-bond acceptors (Lipinski definition) is 3. The summed E-state index contributed by atoms with van der Waals surface area (Å²) in [5.74, 6) is -0.334. The number of fused-ring (bicyclic) bond motifs is 1. The Morgan fingerprint density at radius 3 is 1.53 bits per heavy atom. The van der Waals surface area contributed by atoms with E-state index in [-0.39, 0.29) is 11.2 Å². The molecule has 0 N–H and O–H groups in total. The van der Waals surface area contributed by atoms with Crippen molar-refractivity contribution in [1.82, 2.24) is 0 Å². The normalized spacial score (nSPS) is 13.6. The molecule has 0 saturated carbocycles. The molecule has 0 amide bonds. The van der Waals surface area contributed by atoms with Crippen LogP contribution in [0.1, 0.15) is 60.1 Å². The standard InChI is InChI=1S/C48H43NO3S/c1-48(2)43-22-12-13-23-44(43)49(34-14-15-35-53(50,51)52)45(48)33-26-36-24-27-37(28-25-36)38-29-31-42(32-30-38)47(41-20-10-5-11-21-41)46(39-16-6-3-7-17-39)40-18-8-4-9-19-40/h3-13,16-33H,14-15,34-35H2,1-2H3/b33-26+. The summed E-state index contributed by atoms with van der Waals surface area (Å²) in [6.07, 6.45) is 5.29. The zero-order chi connectivity index (χ0) is 36.8. The number of para-hydroxylation sites is 1. The fourth-order valence-electron chi connectivity index (χ4n) is 7.45. The molecule has 0 bridgehead atoms. The van der Waals surface area contributed by atoms with Crippen molar-refractivity contribution in [3.8, 4) is 11.1 Å². The van der Waals surface area contributed by atoms with Crippen molar-refractivity contribution in [2.24, 2.45) is 0 Å². The van der Waals surface area contributed by atoms with Gasteiger partial charge in [0, 0.05) is 29.9 Å². The Kier molecular flexibility index (Phi) is 10.5. The zero-order valence-electron chi connectivity index (χ0n) is 30.2. The van der Waals surface area contributed by atoms with E-state index in [4.69, 9.17) is 0 Å². The van der Waals surface area contributed by atoms with E-state index in [2.05, 4.69) is 188 Å². The lowest BCUT2D eigenvalue weighted by molar-refractivity contribution is -0.438. The second kappa shape index (κ2) is 15.5. The van der Waals surface area contributed by atoms with Crippen LogP contribution in [0.2, 0.25) is 0 Å². The zero-order valence-corrected chi connectivity index (χ0v) is 31.0. The van der Waals surface area contributed by atoms with E-state index < -0.39 is 10.1 Å². The van der Waals surface area contributed by atoms with Crippen molar-refractivity contribution in [3.05, 3.63) is 203 Å². The average Bonchev–Trinajstić information content (AvgIpc) is 3.40. The lowest BCUT2D eigenvalue weighted by Crippen LogP contribution is -2.28. The van der Waals surface area contributed by atoms with Gasteiger partial charge in [0.15, 0.2) is 5.71 Å². The first-order valence-corrected chi connectivity index (χ1v) is 19.7.